The van der Waals surface area contributed by atoms with Crippen LogP contribution in [0.1, 0.15) is 23.3 Å². The Bertz CT molecular complexity index is 781. The Morgan fingerprint density at radius 1 is 1.22 bits per heavy atom. The van der Waals surface area contributed by atoms with Gasteiger partial charge in [-0.2, -0.15) is 0 Å². The van der Waals surface area contributed by atoms with Gasteiger partial charge in [-0.05, 0) is 18.2 Å². The summed E-state index contributed by atoms with van der Waals surface area (Å²) in [5.74, 6) is 0.963. The van der Waals surface area contributed by atoms with Gasteiger partial charge in [-0.3, -0.25) is 20.1 Å². The molecule has 1 fully saturated rings. The SMILES string of the molecule is O=[N+]([O-])c1ccccc1[C@@H]1[C@@H](c2ccccn2)N=C2SCCN21. The predicted octanol–water partition coefficient (Wildman–Crippen LogP) is 3.19. The number of aliphatic imine (C=N–C) groups is 1. The molecule has 7 heteroatoms. The standard InChI is InChI=1S/C16H14N4O2S/c21-20(22)13-7-2-1-5-11(13)15-14(12-6-3-4-8-17-12)18-16-19(15)9-10-23-16/h1-8,14-15H,9-10H2/t14-,15-/m1/s1. The number of fused-ring (bicyclic) bond motifs is 1. The molecule has 0 bridgehead atoms. The Morgan fingerprint density at radius 2 is 2.04 bits per heavy atom. The molecule has 0 radical (unpaired) electrons. The van der Waals surface area contributed by atoms with Crippen LogP contribution in [-0.2, 0) is 0 Å². The van der Waals surface area contributed by atoms with Crippen LogP contribution in [0.2, 0.25) is 0 Å². The fraction of sp³-hybridized carbons (Fsp3) is 0.250. The topological polar surface area (TPSA) is 71.6 Å². The van der Waals surface area contributed by atoms with Gasteiger partial charge in [0, 0.05) is 24.6 Å². The largest absolute Gasteiger partial charge is 0.341 e. The smallest absolute Gasteiger partial charge is 0.274 e. The van der Waals surface area contributed by atoms with Crippen molar-refractivity contribution in [1.29, 1.82) is 0 Å². The van der Waals surface area contributed by atoms with Crippen molar-refractivity contribution in [3.8, 4) is 0 Å². The van der Waals surface area contributed by atoms with Crippen LogP contribution in [0, 0.1) is 10.1 Å². The molecule has 1 saturated heterocycles. The first kappa shape index (κ1) is 14.2. The molecule has 0 unspecified atom stereocenters. The lowest BCUT2D eigenvalue weighted by Gasteiger charge is -2.26. The summed E-state index contributed by atoms with van der Waals surface area (Å²) < 4.78 is 0. The molecular formula is C16H14N4O2S. The van der Waals surface area contributed by atoms with E-state index in [9.17, 15) is 10.1 Å². The lowest BCUT2D eigenvalue weighted by atomic mass is 9.95. The average Bonchev–Trinajstić information content (AvgIpc) is 3.16. The van der Waals surface area contributed by atoms with Crippen LogP contribution >= 0.6 is 11.8 Å². The highest BCUT2D eigenvalue weighted by atomic mass is 32.2. The van der Waals surface area contributed by atoms with E-state index in [4.69, 9.17) is 4.99 Å². The van der Waals surface area contributed by atoms with Gasteiger partial charge in [-0.15, -0.1) is 0 Å². The lowest BCUT2D eigenvalue weighted by Crippen LogP contribution is -2.27. The molecular weight excluding hydrogens is 312 g/mol. The number of amidine groups is 1. The van der Waals surface area contributed by atoms with Crippen LogP contribution < -0.4 is 0 Å². The zero-order valence-corrected chi connectivity index (χ0v) is 13.0. The molecule has 116 valence electrons. The number of rotatable bonds is 3. The van der Waals surface area contributed by atoms with Crippen molar-refractivity contribution in [2.75, 3.05) is 12.3 Å². The minimum atomic E-state index is -0.313. The lowest BCUT2D eigenvalue weighted by molar-refractivity contribution is -0.386. The van der Waals surface area contributed by atoms with Crippen LogP contribution in [0.3, 0.4) is 0 Å². The van der Waals surface area contributed by atoms with Gasteiger partial charge in [0.2, 0.25) is 0 Å². The van der Waals surface area contributed by atoms with Crippen LogP contribution in [0.4, 0.5) is 5.69 Å². The molecule has 0 spiro atoms. The van der Waals surface area contributed by atoms with Crippen LogP contribution in [0.5, 0.6) is 0 Å². The summed E-state index contributed by atoms with van der Waals surface area (Å²) in [6.45, 7) is 0.851. The van der Waals surface area contributed by atoms with Crippen molar-refractivity contribution in [1.82, 2.24) is 9.88 Å². The fourth-order valence-electron chi connectivity index (χ4n) is 3.16. The maximum absolute atomic E-state index is 11.4. The van der Waals surface area contributed by atoms with E-state index in [1.54, 1.807) is 30.1 Å². The van der Waals surface area contributed by atoms with Gasteiger partial charge in [0.05, 0.1) is 22.2 Å². The highest BCUT2D eigenvalue weighted by Gasteiger charge is 2.43. The van der Waals surface area contributed by atoms with E-state index in [0.717, 1.165) is 23.2 Å². The quantitative estimate of drug-likeness (QED) is 0.640. The Morgan fingerprint density at radius 3 is 2.83 bits per heavy atom. The first-order valence-electron chi connectivity index (χ1n) is 7.37. The maximum Gasteiger partial charge on any atom is 0.274 e. The normalized spacial score (nSPS) is 22.8. The molecule has 2 aliphatic rings. The molecule has 2 aromatic rings. The number of pyridine rings is 1. The summed E-state index contributed by atoms with van der Waals surface area (Å²) in [5, 5.41) is 12.4. The molecule has 3 heterocycles. The number of nitro benzene ring substituents is 1. The van der Waals surface area contributed by atoms with E-state index in [-0.39, 0.29) is 22.7 Å². The molecule has 0 aliphatic carbocycles. The van der Waals surface area contributed by atoms with Crippen LogP contribution in [0.25, 0.3) is 0 Å². The minimum Gasteiger partial charge on any atom is -0.341 e. The van der Waals surface area contributed by atoms with E-state index in [1.165, 1.54) is 0 Å². The molecule has 1 aromatic heterocycles. The second-order valence-corrected chi connectivity index (χ2v) is 6.48. The van der Waals surface area contributed by atoms with Crippen molar-refractivity contribution in [3.63, 3.8) is 0 Å². The van der Waals surface area contributed by atoms with Gasteiger partial charge in [-0.1, -0.05) is 30.0 Å². The number of nitro groups is 1. The van der Waals surface area contributed by atoms with Crippen LogP contribution in [0.15, 0.2) is 53.7 Å². The number of benzene rings is 1. The van der Waals surface area contributed by atoms with E-state index >= 15 is 0 Å². The molecule has 2 atom stereocenters. The number of hydrogen-bond donors (Lipinski definition) is 0. The van der Waals surface area contributed by atoms with Crippen molar-refractivity contribution < 1.29 is 4.92 Å². The monoisotopic (exact) mass is 326 g/mol. The fourth-order valence-corrected chi connectivity index (χ4v) is 4.19. The molecule has 23 heavy (non-hydrogen) atoms. The summed E-state index contributed by atoms with van der Waals surface area (Å²) >= 11 is 1.70. The van der Waals surface area contributed by atoms with Gasteiger partial charge in [0.1, 0.15) is 6.04 Å². The highest BCUT2D eigenvalue weighted by molar-refractivity contribution is 8.14. The molecule has 0 N–H and O–H groups in total. The Hall–Kier alpha value is -2.41. The van der Waals surface area contributed by atoms with Gasteiger partial charge in [0.15, 0.2) is 5.17 Å². The van der Waals surface area contributed by atoms with Gasteiger partial charge < -0.3 is 4.90 Å². The molecule has 4 rings (SSSR count). The Kier molecular flexibility index (Phi) is 3.49. The van der Waals surface area contributed by atoms with E-state index in [1.807, 2.05) is 30.3 Å². The van der Waals surface area contributed by atoms with Gasteiger partial charge in [-0.25, -0.2) is 0 Å². The Labute approximate surface area is 137 Å². The number of hydrogen-bond acceptors (Lipinski definition) is 6. The molecule has 1 aromatic carbocycles. The molecule has 0 amide bonds. The Balaban J connectivity index is 1.83. The minimum absolute atomic E-state index is 0.145. The van der Waals surface area contributed by atoms with Crippen LogP contribution in [-0.4, -0.2) is 32.3 Å². The molecule has 2 aliphatic heterocycles. The first-order valence-corrected chi connectivity index (χ1v) is 8.36. The first-order chi connectivity index (χ1) is 11.3. The van der Waals surface area contributed by atoms with Gasteiger partial charge >= 0.3 is 0 Å². The molecule has 6 nitrogen and oxygen atoms in total. The number of nitrogens with zero attached hydrogens (tertiary/aromatic N) is 4. The third-order valence-corrected chi connectivity index (χ3v) is 5.12. The third-order valence-electron chi connectivity index (χ3n) is 4.14. The van der Waals surface area contributed by atoms with Crippen molar-refractivity contribution in [2.24, 2.45) is 4.99 Å². The summed E-state index contributed by atoms with van der Waals surface area (Å²) in [6.07, 6.45) is 1.74. The van der Waals surface area contributed by atoms with E-state index in [0.29, 0.717) is 5.56 Å². The summed E-state index contributed by atoms with van der Waals surface area (Å²) in [5.41, 5.74) is 1.69. The zero-order chi connectivity index (χ0) is 15.8. The van der Waals surface area contributed by atoms with Gasteiger partial charge in [0.25, 0.3) is 5.69 Å². The van der Waals surface area contributed by atoms with E-state index in [2.05, 4.69) is 9.88 Å². The zero-order valence-electron chi connectivity index (χ0n) is 12.2. The van der Waals surface area contributed by atoms with Crippen molar-refractivity contribution >= 4 is 22.6 Å². The van der Waals surface area contributed by atoms with E-state index < -0.39 is 0 Å². The predicted molar refractivity (Wildman–Crippen MR) is 89.4 cm³/mol. The number of thioether (sulfide) groups is 1. The number of aromatic nitrogens is 1. The maximum atomic E-state index is 11.4. The second kappa shape index (κ2) is 5.66. The average molecular weight is 326 g/mol. The summed E-state index contributed by atoms with van der Waals surface area (Å²) in [7, 11) is 0. The highest BCUT2D eigenvalue weighted by Crippen LogP contribution is 2.47. The van der Waals surface area contributed by atoms with Crippen molar-refractivity contribution in [2.45, 2.75) is 12.1 Å². The summed E-state index contributed by atoms with van der Waals surface area (Å²) in [6, 6.07) is 12.3. The second-order valence-electron chi connectivity index (χ2n) is 5.41. The molecule has 0 saturated carbocycles. The third kappa shape index (κ3) is 2.37. The number of para-hydroxylation sites is 1. The summed E-state index contributed by atoms with van der Waals surface area (Å²) in [4.78, 5) is 22.5. The van der Waals surface area contributed by atoms with Crippen molar-refractivity contribution in [3.05, 3.63) is 70.0 Å².